The molecular weight excluding hydrogens is 228 g/mol. The number of aryl methyl sites for hydroxylation is 1. The highest BCUT2D eigenvalue weighted by Gasteiger charge is 2.50. The number of nitrogens with zero attached hydrogens (tertiary/aromatic N) is 3. The zero-order valence-corrected chi connectivity index (χ0v) is 11.0. The number of hydrogen-bond donors (Lipinski definition) is 1. The third kappa shape index (κ3) is 1.82. The maximum absolute atomic E-state index is 12.1. The number of carbonyl (C=O) groups is 1. The molecule has 18 heavy (non-hydrogen) atoms. The number of amides is 1. The van der Waals surface area contributed by atoms with Crippen molar-refractivity contribution in [2.24, 2.45) is 18.4 Å². The van der Waals surface area contributed by atoms with Crippen LogP contribution in [-0.2, 0) is 11.8 Å². The van der Waals surface area contributed by atoms with Gasteiger partial charge in [0.2, 0.25) is 5.91 Å². The van der Waals surface area contributed by atoms with Crippen LogP contribution in [0.2, 0.25) is 0 Å². The molecule has 1 heterocycles. The van der Waals surface area contributed by atoms with Crippen molar-refractivity contribution < 1.29 is 4.79 Å². The van der Waals surface area contributed by atoms with Gasteiger partial charge in [0.25, 0.3) is 0 Å². The SMILES string of the molecule is CC(NC(=O)C1CC2(CCC2)C1)c1ncnn1C. The fraction of sp³-hybridized carbons (Fsp3) is 0.769. The average Bonchev–Trinajstić information content (AvgIpc) is 2.59. The van der Waals surface area contributed by atoms with E-state index >= 15 is 0 Å². The van der Waals surface area contributed by atoms with Crippen LogP contribution in [0.25, 0.3) is 0 Å². The molecule has 1 atom stereocenters. The summed E-state index contributed by atoms with van der Waals surface area (Å²) in [4.78, 5) is 16.3. The van der Waals surface area contributed by atoms with Gasteiger partial charge in [-0.15, -0.1) is 0 Å². The first-order chi connectivity index (χ1) is 8.60. The van der Waals surface area contributed by atoms with Crippen molar-refractivity contribution in [3.05, 3.63) is 12.2 Å². The fourth-order valence-electron chi connectivity index (χ4n) is 3.35. The Bertz CT molecular complexity index is 455. The van der Waals surface area contributed by atoms with Crippen LogP contribution in [-0.4, -0.2) is 20.7 Å². The minimum atomic E-state index is -0.0667. The van der Waals surface area contributed by atoms with Gasteiger partial charge in [0.1, 0.15) is 12.2 Å². The van der Waals surface area contributed by atoms with E-state index in [1.54, 1.807) is 4.68 Å². The van der Waals surface area contributed by atoms with Crippen LogP contribution in [0.4, 0.5) is 0 Å². The van der Waals surface area contributed by atoms with Gasteiger partial charge in [0.15, 0.2) is 0 Å². The quantitative estimate of drug-likeness (QED) is 0.883. The van der Waals surface area contributed by atoms with Crippen LogP contribution >= 0.6 is 0 Å². The third-order valence-electron chi connectivity index (χ3n) is 4.64. The highest BCUT2D eigenvalue weighted by Crippen LogP contribution is 2.58. The lowest BCUT2D eigenvalue weighted by atomic mass is 9.51. The Kier molecular flexibility index (Phi) is 2.64. The zero-order chi connectivity index (χ0) is 12.8. The number of rotatable bonds is 3. The standard InChI is InChI=1S/C13H20N4O/c1-9(11-14-8-15-17(11)2)16-12(18)10-6-13(7-10)4-3-5-13/h8-10H,3-7H2,1-2H3,(H,16,18). The average molecular weight is 248 g/mol. The molecule has 0 aromatic carbocycles. The van der Waals surface area contributed by atoms with E-state index in [2.05, 4.69) is 15.4 Å². The molecule has 1 spiro atoms. The van der Waals surface area contributed by atoms with Crippen molar-refractivity contribution in [3.63, 3.8) is 0 Å². The zero-order valence-electron chi connectivity index (χ0n) is 11.0. The monoisotopic (exact) mass is 248 g/mol. The van der Waals surface area contributed by atoms with E-state index in [1.165, 1.54) is 25.6 Å². The minimum absolute atomic E-state index is 0.0667. The lowest BCUT2D eigenvalue weighted by molar-refractivity contribution is -0.137. The summed E-state index contributed by atoms with van der Waals surface area (Å²) in [5.74, 6) is 1.21. The van der Waals surface area contributed by atoms with Crippen molar-refractivity contribution in [3.8, 4) is 0 Å². The molecule has 0 bridgehead atoms. The van der Waals surface area contributed by atoms with E-state index in [0.29, 0.717) is 5.41 Å². The number of aromatic nitrogens is 3. The molecule has 5 heteroatoms. The number of hydrogen-bond acceptors (Lipinski definition) is 3. The molecule has 0 saturated heterocycles. The van der Waals surface area contributed by atoms with Gasteiger partial charge in [-0.2, -0.15) is 5.10 Å². The third-order valence-corrected chi connectivity index (χ3v) is 4.64. The van der Waals surface area contributed by atoms with Crippen LogP contribution in [0.3, 0.4) is 0 Å². The Morgan fingerprint density at radius 1 is 1.56 bits per heavy atom. The Morgan fingerprint density at radius 2 is 2.28 bits per heavy atom. The molecule has 2 fully saturated rings. The van der Waals surface area contributed by atoms with E-state index < -0.39 is 0 Å². The largest absolute Gasteiger partial charge is 0.346 e. The number of nitrogens with one attached hydrogen (secondary N) is 1. The summed E-state index contributed by atoms with van der Waals surface area (Å²) >= 11 is 0. The van der Waals surface area contributed by atoms with E-state index in [1.807, 2.05) is 14.0 Å². The van der Waals surface area contributed by atoms with Gasteiger partial charge in [0.05, 0.1) is 6.04 Å². The van der Waals surface area contributed by atoms with Crippen molar-refractivity contribution >= 4 is 5.91 Å². The van der Waals surface area contributed by atoms with E-state index in [4.69, 9.17) is 0 Å². The van der Waals surface area contributed by atoms with Crippen LogP contribution in [0.5, 0.6) is 0 Å². The molecule has 2 aliphatic rings. The van der Waals surface area contributed by atoms with E-state index in [-0.39, 0.29) is 17.9 Å². The normalized spacial score (nSPS) is 23.2. The second-order valence-electron chi connectivity index (χ2n) is 5.93. The first kappa shape index (κ1) is 11.7. The Morgan fingerprint density at radius 3 is 2.78 bits per heavy atom. The van der Waals surface area contributed by atoms with Crippen LogP contribution in [0, 0.1) is 11.3 Å². The Balaban J connectivity index is 1.54. The predicted octanol–water partition coefficient (Wildman–Crippen LogP) is 1.57. The lowest BCUT2D eigenvalue weighted by Gasteiger charge is -2.53. The molecule has 1 aromatic rings. The number of carbonyl (C=O) groups excluding carboxylic acids is 1. The van der Waals surface area contributed by atoms with E-state index in [0.717, 1.165) is 18.7 Å². The second kappa shape index (κ2) is 4.07. The van der Waals surface area contributed by atoms with Crippen LogP contribution in [0.15, 0.2) is 6.33 Å². The van der Waals surface area contributed by atoms with Gasteiger partial charge in [-0.3, -0.25) is 9.48 Å². The summed E-state index contributed by atoms with van der Waals surface area (Å²) in [6, 6.07) is -0.0667. The molecule has 98 valence electrons. The van der Waals surface area contributed by atoms with Gasteiger partial charge < -0.3 is 5.32 Å². The topological polar surface area (TPSA) is 59.8 Å². The molecule has 1 aromatic heterocycles. The summed E-state index contributed by atoms with van der Waals surface area (Å²) in [5.41, 5.74) is 0.552. The molecule has 0 radical (unpaired) electrons. The van der Waals surface area contributed by atoms with Gasteiger partial charge in [0, 0.05) is 13.0 Å². The summed E-state index contributed by atoms with van der Waals surface area (Å²) in [7, 11) is 1.84. The highest BCUT2D eigenvalue weighted by molar-refractivity contribution is 5.80. The van der Waals surface area contributed by atoms with Crippen LogP contribution < -0.4 is 5.32 Å². The highest BCUT2D eigenvalue weighted by atomic mass is 16.2. The molecular formula is C13H20N4O. The van der Waals surface area contributed by atoms with Gasteiger partial charge in [-0.25, -0.2) is 4.98 Å². The van der Waals surface area contributed by atoms with Crippen LogP contribution in [0.1, 0.15) is 50.9 Å². The molecule has 5 nitrogen and oxygen atoms in total. The Hall–Kier alpha value is -1.39. The van der Waals surface area contributed by atoms with Crippen molar-refractivity contribution in [1.29, 1.82) is 0 Å². The van der Waals surface area contributed by atoms with E-state index in [9.17, 15) is 4.79 Å². The minimum Gasteiger partial charge on any atom is -0.346 e. The summed E-state index contributed by atoms with van der Waals surface area (Å²) in [6.45, 7) is 1.96. The van der Waals surface area contributed by atoms with Gasteiger partial charge in [-0.05, 0) is 38.0 Å². The second-order valence-corrected chi connectivity index (χ2v) is 5.93. The maximum atomic E-state index is 12.1. The molecule has 2 saturated carbocycles. The lowest BCUT2D eigenvalue weighted by Crippen LogP contribution is -2.49. The molecule has 0 aliphatic heterocycles. The molecule has 1 amide bonds. The van der Waals surface area contributed by atoms with Gasteiger partial charge in [-0.1, -0.05) is 6.42 Å². The van der Waals surface area contributed by atoms with Crippen molar-refractivity contribution in [2.75, 3.05) is 0 Å². The first-order valence-electron chi connectivity index (χ1n) is 6.74. The molecule has 1 unspecified atom stereocenters. The van der Waals surface area contributed by atoms with Crippen molar-refractivity contribution in [2.45, 2.75) is 45.1 Å². The maximum Gasteiger partial charge on any atom is 0.223 e. The molecule has 1 N–H and O–H groups in total. The molecule has 3 rings (SSSR count). The predicted molar refractivity (Wildman–Crippen MR) is 66.6 cm³/mol. The first-order valence-corrected chi connectivity index (χ1v) is 6.74. The molecule has 2 aliphatic carbocycles. The van der Waals surface area contributed by atoms with Gasteiger partial charge >= 0.3 is 0 Å². The summed E-state index contributed by atoms with van der Waals surface area (Å²) in [5, 5.41) is 7.07. The Labute approximate surface area is 107 Å². The smallest absolute Gasteiger partial charge is 0.223 e. The summed E-state index contributed by atoms with van der Waals surface area (Å²) < 4.78 is 1.71. The van der Waals surface area contributed by atoms with Crippen molar-refractivity contribution in [1.82, 2.24) is 20.1 Å². The fourth-order valence-corrected chi connectivity index (χ4v) is 3.35. The summed E-state index contributed by atoms with van der Waals surface area (Å²) in [6.07, 6.45) is 7.70.